The molecule has 0 unspecified atom stereocenters. The van der Waals surface area contributed by atoms with Crippen molar-refractivity contribution in [3.8, 4) is 0 Å². The highest BCUT2D eigenvalue weighted by Gasteiger charge is 2.00. The zero-order chi connectivity index (χ0) is 12.1. The molecule has 0 aliphatic rings. The Labute approximate surface area is 104 Å². The quantitative estimate of drug-likeness (QED) is 0.562. The van der Waals surface area contributed by atoms with Crippen molar-refractivity contribution < 1.29 is 0 Å². The van der Waals surface area contributed by atoms with Gasteiger partial charge in [-0.2, -0.15) is 5.10 Å². The maximum atomic E-state index is 6.04. The number of benzene rings is 1. The lowest BCUT2D eigenvalue weighted by Gasteiger charge is -2.08. The maximum absolute atomic E-state index is 6.04. The van der Waals surface area contributed by atoms with Gasteiger partial charge in [0, 0.05) is 18.7 Å². The SMILES string of the molecule is Nc1ccc(NCCCc2ncn[nH]2)c(Cl)c1. The summed E-state index contributed by atoms with van der Waals surface area (Å²) in [5.41, 5.74) is 7.18. The van der Waals surface area contributed by atoms with Crippen LogP contribution in [0.5, 0.6) is 0 Å². The number of nitrogens with one attached hydrogen (secondary N) is 2. The molecule has 2 aromatic rings. The summed E-state index contributed by atoms with van der Waals surface area (Å²) in [6, 6.07) is 5.44. The van der Waals surface area contributed by atoms with E-state index in [1.807, 2.05) is 12.1 Å². The molecule has 0 fully saturated rings. The van der Waals surface area contributed by atoms with Crippen LogP contribution in [0.15, 0.2) is 24.5 Å². The largest absolute Gasteiger partial charge is 0.399 e. The van der Waals surface area contributed by atoms with Gasteiger partial charge in [0.15, 0.2) is 0 Å². The van der Waals surface area contributed by atoms with Crippen LogP contribution in [0.2, 0.25) is 5.02 Å². The van der Waals surface area contributed by atoms with E-state index in [0.29, 0.717) is 10.7 Å². The molecule has 6 heteroatoms. The number of hydrogen-bond donors (Lipinski definition) is 3. The first-order valence-corrected chi connectivity index (χ1v) is 5.76. The molecular weight excluding hydrogens is 238 g/mol. The van der Waals surface area contributed by atoms with Crippen LogP contribution in [0.3, 0.4) is 0 Å². The average molecular weight is 252 g/mol. The van der Waals surface area contributed by atoms with E-state index in [0.717, 1.165) is 30.9 Å². The van der Waals surface area contributed by atoms with Crippen LogP contribution in [-0.4, -0.2) is 21.7 Å². The van der Waals surface area contributed by atoms with Gasteiger partial charge in [0.25, 0.3) is 0 Å². The van der Waals surface area contributed by atoms with E-state index in [9.17, 15) is 0 Å². The Morgan fingerprint density at radius 2 is 2.29 bits per heavy atom. The lowest BCUT2D eigenvalue weighted by Crippen LogP contribution is -2.04. The van der Waals surface area contributed by atoms with E-state index < -0.39 is 0 Å². The van der Waals surface area contributed by atoms with Crippen LogP contribution in [0.4, 0.5) is 11.4 Å². The number of halogens is 1. The molecule has 4 N–H and O–H groups in total. The van der Waals surface area contributed by atoms with Crippen molar-refractivity contribution in [2.24, 2.45) is 0 Å². The van der Waals surface area contributed by atoms with Gasteiger partial charge in [-0.25, -0.2) is 4.98 Å². The zero-order valence-corrected chi connectivity index (χ0v) is 10.0. The number of aryl methyl sites for hydroxylation is 1. The second-order valence-corrected chi connectivity index (χ2v) is 4.11. The molecular formula is C11H14ClN5. The van der Waals surface area contributed by atoms with Gasteiger partial charge in [-0.3, -0.25) is 5.10 Å². The summed E-state index contributed by atoms with van der Waals surface area (Å²) in [4.78, 5) is 4.05. The minimum atomic E-state index is 0.643. The molecule has 0 bridgehead atoms. The molecule has 5 nitrogen and oxygen atoms in total. The molecule has 0 saturated heterocycles. The summed E-state index contributed by atoms with van der Waals surface area (Å²) in [5, 5.41) is 10.5. The minimum absolute atomic E-state index is 0.643. The Bertz CT molecular complexity index is 469. The Hall–Kier alpha value is -1.75. The highest BCUT2D eigenvalue weighted by atomic mass is 35.5. The van der Waals surface area contributed by atoms with Gasteiger partial charge >= 0.3 is 0 Å². The number of anilines is 2. The lowest BCUT2D eigenvalue weighted by atomic mass is 10.2. The van der Waals surface area contributed by atoms with Crippen molar-refractivity contribution in [2.75, 3.05) is 17.6 Å². The Morgan fingerprint density at radius 1 is 1.41 bits per heavy atom. The summed E-state index contributed by atoms with van der Waals surface area (Å²) in [6.07, 6.45) is 3.33. The summed E-state index contributed by atoms with van der Waals surface area (Å²) in [5.74, 6) is 0.898. The second-order valence-electron chi connectivity index (χ2n) is 3.70. The molecule has 0 saturated carbocycles. The predicted octanol–water partition coefficient (Wildman–Crippen LogP) is 2.08. The van der Waals surface area contributed by atoms with Crippen LogP contribution in [0.1, 0.15) is 12.2 Å². The standard InChI is InChI=1S/C11H14ClN5/c12-9-6-8(13)3-4-10(9)14-5-1-2-11-15-7-16-17-11/h3-4,6-7,14H,1-2,5,13H2,(H,15,16,17). The van der Waals surface area contributed by atoms with E-state index in [4.69, 9.17) is 17.3 Å². The molecule has 1 aromatic carbocycles. The molecule has 0 spiro atoms. The fourth-order valence-corrected chi connectivity index (χ4v) is 1.76. The number of nitrogen functional groups attached to an aromatic ring is 1. The summed E-state index contributed by atoms with van der Waals surface area (Å²) >= 11 is 6.04. The van der Waals surface area contributed by atoms with Crippen LogP contribution in [-0.2, 0) is 6.42 Å². The number of aromatic amines is 1. The average Bonchev–Trinajstić information content (AvgIpc) is 2.79. The molecule has 0 amide bonds. The van der Waals surface area contributed by atoms with Crippen molar-refractivity contribution in [2.45, 2.75) is 12.8 Å². The minimum Gasteiger partial charge on any atom is -0.399 e. The first kappa shape index (κ1) is 11.7. The fraction of sp³-hybridized carbons (Fsp3) is 0.273. The molecule has 0 aliphatic carbocycles. The van der Waals surface area contributed by atoms with Gasteiger partial charge in [0.05, 0.1) is 10.7 Å². The van der Waals surface area contributed by atoms with Crippen molar-refractivity contribution in [1.29, 1.82) is 0 Å². The molecule has 17 heavy (non-hydrogen) atoms. The third kappa shape index (κ3) is 3.35. The lowest BCUT2D eigenvalue weighted by molar-refractivity contribution is 0.806. The van der Waals surface area contributed by atoms with E-state index in [-0.39, 0.29) is 0 Å². The predicted molar refractivity (Wildman–Crippen MR) is 69.1 cm³/mol. The zero-order valence-electron chi connectivity index (χ0n) is 9.28. The molecule has 2 rings (SSSR count). The summed E-state index contributed by atoms with van der Waals surface area (Å²) in [7, 11) is 0. The van der Waals surface area contributed by atoms with Gasteiger partial charge in [-0.05, 0) is 24.6 Å². The molecule has 90 valence electrons. The molecule has 0 radical (unpaired) electrons. The van der Waals surface area contributed by atoms with Crippen molar-refractivity contribution in [3.05, 3.63) is 35.4 Å². The summed E-state index contributed by atoms with van der Waals surface area (Å²) in [6.45, 7) is 0.824. The topological polar surface area (TPSA) is 79.6 Å². The third-order valence-corrected chi connectivity index (χ3v) is 2.68. The van der Waals surface area contributed by atoms with Gasteiger partial charge in [0.2, 0.25) is 0 Å². The first-order chi connectivity index (χ1) is 8.25. The van der Waals surface area contributed by atoms with E-state index in [1.165, 1.54) is 6.33 Å². The van der Waals surface area contributed by atoms with Gasteiger partial charge < -0.3 is 11.1 Å². The van der Waals surface area contributed by atoms with Crippen molar-refractivity contribution >= 4 is 23.0 Å². The van der Waals surface area contributed by atoms with E-state index >= 15 is 0 Å². The Kier molecular flexibility index (Phi) is 3.82. The molecule has 1 aromatic heterocycles. The monoisotopic (exact) mass is 251 g/mol. The van der Waals surface area contributed by atoms with Crippen molar-refractivity contribution in [3.63, 3.8) is 0 Å². The van der Waals surface area contributed by atoms with Crippen LogP contribution in [0.25, 0.3) is 0 Å². The highest BCUT2D eigenvalue weighted by Crippen LogP contribution is 2.23. The Balaban J connectivity index is 1.78. The van der Waals surface area contributed by atoms with Gasteiger partial charge in [-0.15, -0.1) is 0 Å². The van der Waals surface area contributed by atoms with Crippen LogP contribution >= 0.6 is 11.6 Å². The van der Waals surface area contributed by atoms with Gasteiger partial charge in [-0.1, -0.05) is 11.6 Å². The van der Waals surface area contributed by atoms with Crippen LogP contribution < -0.4 is 11.1 Å². The fourth-order valence-electron chi connectivity index (χ4n) is 1.50. The smallest absolute Gasteiger partial charge is 0.137 e. The maximum Gasteiger partial charge on any atom is 0.137 e. The van der Waals surface area contributed by atoms with Crippen LogP contribution in [0, 0.1) is 0 Å². The number of H-pyrrole nitrogens is 1. The Morgan fingerprint density at radius 3 is 3.00 bits per heavy atom. The summed E-state index contributed by atoms with van der Waals surface area (Å²) < 4.78 is 0. The third-order valence-electron chi connectivity index (χ3n) is 2.36. The molecule has 0 aliphatic heterocycles. The normalized spacial score (nSPS) is 10.4. The number of hydrogen-bond acceptors (Lipinski definition) is 4. The highest BCUT2D eigenvalue weighted by molar-refractivity contribution is 6.33. The number of aromatic nitrogens is 3. The number of nitrogens with two attached hydrogens (primary N) is 1. The first-order valence-electron chi connectivity index (χ1n) is 5.39. The number of nitrogens with zero attached hydrogens (tertiary/aromatic N) is 2. The molecule has 0 atom stereocenters. The van der Waals surface area contributed by atoms with E-state index in [2.05, 4.69) is 20.5 Å². The van der Waals surface area contributed by atoms with Gasteiger partial charge in [0.1, 0.15) is 12.2 Å². The van der Waals surface area contributed by atoms with Crippen molar-refractivity contribution in [1.82, 2.24) is 15.2 Å². The van der Waals surface area contributed by atoms with E-state index in [1.54, 1.807) is 6.07 Å². The molecule has 1 heterocycles. The second kappa shape index (κ2) is 5.54. The number of rotatable bonds is 5.